The van der Waals surface area contributed by atoms with Gasteiger partial charge in [-0.3, -0.25) is 0 Å². The second-order valence-electron chi connectivity index (χ2n) is 3.85. The molecule has 1 aromatic heterocycles. The molecule has 0 saturated carbocycles. The van der Waals surface area contributed by atoms with E-state index in [0.29, 0.717) is 5.69 Å². The van der Waals surface area contributed by atoms with Crippen molar-refractivity contribution in [2.45, 2.75) is 6.61 Å². The van der Waals surface area contributed by atoms with E-state index < -0.39 is 5.97 Å². The maximum atomic E-state index is 11.1. The number of ether oxygens (including phenoxy) is 2. The topological polar surface area (TPSA) is 73.6 Å². The summed E-state index contributed by atoms with van der Waals surface area (Å²) in [5, 5.41) is 13.2. The highest BCUT2D eigenvalue weighted by Gasteiger charge is 2.17. The van der Waals surface area contributed by atoms with Gasteiger partial charge in [-0.05, 0) is 24.3 Å². The van der Waals surface area contributed by atoms with Crippen molar-refractivity contribution in [3.8, 4) is 11.4 Å². The van der Waals surface area contributed by atoms with Crippen LogP contribution in [0.2, 0.25) is 0 Å². The average molecular weight is 262 g/mol. The fraction of sp³-hybridized carbons (Fsp3) is 0.231. The van der Waals surface area contributed by atoms with Crippen LogP contribution in [0.3, 0.4) is 0 Å². The first-order chi connectivity index (χ1) is 9.17. The number of aromatic carboxylic acids is 1. The molecule has 0 spiro atoms. The summed E-state index contributed by atoms with van der Waals surface area (Å²) in [6.07, 6.45) is 1.32. The van der Waals surface area contributed by atoms with Crippen LogP contribution in [0.1, 0.15) is 16.1 Å². The fourth-order valence-corrected chi connectivity index (χ4v) is 1.77. The molecule has 1 N–H and O–H groups in total. The van der Waals surface area contributed by atoms with Crippen molar-refractivity contribution in [2.75, 3.05) is 14.2 Å². The monoisotopic (exact) mass is 262 g/mol. The lowest BCUT2D eigenvalue weighted by Crippen LogP contribution is -2.07. The third-order valence-corrected chi connectivity index (χ3v) is 2.70. The predicted molar refractivity (Wildman–Crippen MR) is 67.8 cm³/mol. The number of carboxylic acids is 1. The Kier molecular flexibility index (Phi) is 3.82. The molecule has 1 heterocycles. The summed E-state index contributed by atoms with van der Waals surface area (Å²) in [7, 11) is 3.10. The number of benzene rings is 1. The Morgan fingerprint density at radius 3 is 2.53 bits per heavy atom. The molecule has 0 aliphatic heterocycles. The number of rotatable bonds is 5. The van der Waals surface area contributed by atoms with Gasteiger partial charge in [-0.15, -0.1) is 0 Å². The van der Waals surface area contributed by atoms with Gasteiger partial charge in [0.25, 0.3) is 0 Å². The van der Waals surface area contributed by atoms with Gasteiger partial charge in [0, 0.05) is 7.11 Å². The van der Waals surface area contributed by atoms with Crippen molar-refractivity contribution in [1.82, 2.24) is 9.78 Å². The molecular weight excluding hydrogens is 248 g/mol. The Balaban J connectivity index is 2.45. The molecule has 6 nitrogen and oxygen atoms in total. The Bertz CT molecular complexity index is 575. The van der Waals surface area contributed by atoms with E-state index in [1.54, 1.807) is 36.1 Å². The van der Waals surface area contributed by atoms with Crippen molar-refractivity contribution in [3.63, 3.8) is 0 Å². The first-order valence-electron chi connectivity index (χ1n) is 5.61. The van der Waals surface area contributed by atoms with Gasteiger partial charge in [-0.1, -0.05) is 0 Å². The number of hydrogen-bond donors (Lipinski definition) is 1. The Labute approximate surface area is 110 Å². The van der Waals surface area contributed by atoms with Gasteiger partial charge in [-0.25, -0.2) is 9.48 Å². The molecule has 0 saturated heterocycles. The van der Waals surface area contributed by atoms with Crippen LogP contribution in [0.25, 0.3) is 5.69 Å². The lowest BCUT2D eigenvalue weighted by molar-refractivity contribution is 0.0691. The summed E-state index contributed by atoms with van der Waals surface area (Å²) in [5.74, 6) is -0.297. The van der Waals surface area contributed by atoms with Crippen molar-refractivity contribution in [1.29, 1.82) is 0 Å². The number of carbonyl (C=O) groups is 1. The molecule has 0 atom stereocenters. The average Bonchev–Trinajstić information content (AvgIpc) is 2.83. The molecule has 100 valence electrons. The first kappa shape index (κ1) is 13.1. The molecule has 0 amide bonds. The highest BCUT2D eigenvalue weighted by atomic mass is 16.5. The number of aromatic nitrogens is 2. The Morgan fingerprint density at radius 2 is 2.00 bits per heavy atom. The summed E-state index contributed by atoms with van der Waals surface area (Å²) >= 11 is 0. The quantitative estimate of drug-likeness (QED) is 0.888. The Morgan fingerprint density at radius 1 is 1.32 bits per heavy atom. The van der Waals surface area contributed by atoms with Crippen LogP contribution < -0.4 is 4.74 Å². The van der Waals surface area contributed by atoms with Gasteiger partial charge in [0.15, 0.2) is 0 Å². The lowest BCUT2D eigenvalue weighted by atomic mass is 10.2. The third-order valence-electron chi connectivity index (χ3n) is 2.70. The smallest absolute Gasteiger partial charge is 0.339 e. The maximum absolute atomic E-state index is 11.1. The van der Waals surface area contributed by atoms with E-state index >= 15 is 0 Å². The summed E-state index contributed by atoms with van der Waals surface area (Å²) in [4.78, 5) is 11.1. The van der Waals surface area contributed by atoms with Gasteiger partial charge in [0.05, 0.1) is 31.3 Å². The van der Waals surface area contributed by atoms with Crippen LogP contribution in [0.15, 0.2) is 30.5 Å². The number of hydrogen-bond acceptors (Lipinski definition) is 4. The number of nitrogens with zero attached hydrogens (tertiary/aromatic N) is 2. The molecule has 19 heavy (non-hydrogen) atoms. The van der Waals surface area contributed by atoms with Crippen LogP contribution in [0.4, 0.5) is 0 Å². The molecule has 2 rings (SSSR count). The van der Waals surface area contributed by atoms with E-state index in [9.17, 15) is 4.79 Å². The molecule has 0 radical (unpaired) electrons. The van der Waals surface area contributed by atoms with E-state index in [1.807, 2.05) is 0 Å². The molecule has 0 bridgehead atoms. The van der Waals surface area contributed by atoms with Crippen LogP contribution in [-0.4, -0.2) is 35.1 Å². The summed E-state index contributed by atoms with van der Waals surface area (Å²) in [5.41, 5.74) is 1.39. The van der Waals surface area contributed by atoms with Gasteiger partial charge in [0.2, 0.25) is 0 Å². The van der Waals surface area contributed by atoms with Crippen molar-refractivity contribution < 1.29 is 19.4 Å². The van der Waals surface area contributed by atoms with Crippen molar-refractivity contribution >= 4 is 5.97 Å². The maximum Gasteiger partial charge on any atom is 0.339 e. The molecule has 0 aliphatic carbocycles. The SMILES string of the molecule is COCc1c(C(=O)O)cnn1-c1ccc(OC)cc1. The third kappa shape index (κ3) is 2.58. The predicted octanol–water partition coefficient (Wildman–Crippen LogP) is 1.73. The molecule has 0 unspecified atom stereocenters. The molecule has 1 aromatic carbocycles. The minimum absolute atomic E-state index is 0.137. The minimum Gasteiger partial charge on any atom is -0.497 e. The molecule has 0 aliphatic rings. The number of carboxylic acid groups (broad SMARTS) is 1. The fourth-order valence-electron chi connectivity index (χ4n) is 1.77. The van der Waals surface area contributed by atoms with Crippen LogP contribution in [-0.2, 0) is 11.3 Å². The van der Waals surface area contributed by atoms with Crippen LogP contribution in [0, 0.1) is 0 Å². The summed E-state index contributed by atoms with van der Waals surface area (Å²) < 4.78 is 11.7. The van der Waals surface area contributed by atoms with E-state index in [-0.39, 0.29) is 12.2 Å². The van der Waals surface area contributed by atoms with E-state index in [4.69, 9.17) is 14.6 Å². The number of methoxy groups -OCH3 is 2. The Hall–Kier alpha value is -2.34. The first-order valence-corrected chi connectivity index (χ1v) is 5.61. The van der Waals surface area contributed by atoms with E-state index in [2.05, 4.69) is 5.10 Å². The molecule has 6 heteroatoms. The second kappa shape index (κ2) is 5.53. The normalized spacial score (nSPS) is 10.4. The van der Waals surface area contributed by atoms with Crippen molar-refractivity contribution in [2.24, 2.45) is 0 Å². The van der Waals surface area contributed by atoms with Gasteiger partial charge in [0.1, 0.15) is 11.3 Å². The van der Waals surface area contributed by atoms with Gasteiger partial charge >= 0.3 is 5.97 Å². The summed E-state index contributed by atoms with van der Waals surface area (Å²) in [6, 6.07) is 7.18. The second-order valence-corrected chi connectivity index (χ2v) is 3.85. The zero-order chi connectivity index (χ0) is 13.8. The van der Waals surface area contributed by atoms with Gasteiger partial charge < -0.3 is 14.6 Å². The standard InChI is InChI=1S/C13H14N2O4/c1-18-8-12-11(13(16)17)7-14-15(12)9-3-5-10(19-2)6-4-9/h3-7H,8H2,1-2H3,(H,16,17). The molecular formula is C13H14N2O4. The molecule has 0 fully saturated rings. The lowest BCUT2D eigenvalue weighted by Gasteiger charge is -2.08. The van der Waals surface area contributed by atoms with Crippen LogP contribution >= 0.6 is 0 Å². The van der Waals surface area contributed by atoms with Crippen LogP contribution in [0.5, 0.6) is 5.75 Å². The highest BCUT2D eigenvalue weighted by Crippen LogP contribution is 2.19. The summed E-state index contributed by atoms with van der Waals surface area (Å²) in [6.45, 7) is 0.174. The zero-order valence-corrected chi connectivity index (χ0v) is 10.7. The molecule has 2 aromatic rings. The van der Waals surface area contributed by atoms with E-state index in [1.165, 1.54) is 13.3 Å². The minimum atomic E-state index is -1.02. The zero-order valence-electron chi connectivity index (χ0n) is 10.7. The van der Waals surface area contributed by atoms with Gasteiger partial charge in [-0.2, -0.15) is 5.10 Å². The largest absolute Gasteiger partial charge is 0.497 e. The highest BCUT2D eigenvalue weighted by molar-refractivity contribution is 5.88. The van der Waals surface area contributed by atoms with Crippen molar-refractivity contribution in [3.05, 3.63) is 41.7 Å². The van der Waals surface area contributed by atoms with E-state index in [0.717, 1.165) is 11.4 Å².